The minimum Gasteiger partial charge on any atom is -0.466 e. The van der Waals surface area contributed by atoms with E-state index in [9.17, 15) is 18.7 Å². The molecule has 2 atom stereocenters. The molecule has 1 fully saturated rings. The van der Waals surface area contributed by atoms with E-state index in [0.29, 0.717) is 30.8 Å². The number of rotatable bonds is 9. The topological polar surface area (TPSA) is 59.0 Å². The van der Waals surface area contributed by atoms with Crippen molar-refractivity contribution in [2.45, 2.75) is 32.0 Å². The van der Waals surface area contributed by atoms with E-state index in [2.05, 4.69) is 0 Å². The van der Waals surface area contributed by atoms with E-state index >= 15 is 0 Å². The lowest BCUT2D eigenvalue weighted by Crippen LogP contribution is -2.43. The quantitative estimate of drug-likeness (QED) is 0.611. The Morgan fingerprint density at radius 3 is 2.23 bits per heavy atom. The predicted molar refractivity (Wildman–Crippen MR) is 112 cm³/mol. The lowest BCUT2D eigenvalue weighted by Gasteiger charge is -2.33. The summed E-state index contributed by atoms with van der Waals surface area (Å²) in [6.45, 7) is 3.91. The van der Waals surface area contributed by atoms with Gasteiger partial charge in [0, 0.05) is 13.1 Å². The Balaban J connectivity index is 1.61. The van der Waals surface area contributed by atoms with Crippen molar-refractivity contribution in [1.82, 2.24) is 4.90 Å². The first-order chi connectivity index (χ1) is 15.0. The summed E-state index contributed by atoms with van der Waals surface area (Å²) in [5.41, 5.74) is 1.42. The van der Waals surface area contributed by atoms with Crippen LogP contribution in [0, 0.1) is 17.6 Å². The molecule has 0 saturated carbocycles. The number of benzene rings is 2. The van der Waals surface area contributed by atoms with Crippen LogP contribution in [0.15, 0.2) is 48.5 Å². The Kier molecular flexibility index (Phi) is 8.51. The average Bonchev–Trinajstić information content (AvgIpc) is 2.76. The van der Waals surface area contributed by atoms with Crippen LogP contribution >= 0.6 is 0 Å². The molecule has 7 heteroatoms. The molecular formula is C24H29F2NO4. The Labute approximate surface area is 181 Å². The maximum atomic E-state index is 13.3. The van der Waals surface area contributed by atoms with Gasteiger partial charge >= 0.3 is 5.97 Å². The number of aliphatic hydroxyl groups excluding tert-OH is 1. The molecule has 3 rings (SSSR count). The lowest BCUT2D eigenvalue weighted by molar-refractivity contribution is -0.150. The Morgan fingerprint density at radius 2 is 1.68 bits per heavy atom. The molecule has 2 aromatic carbocycles. The number of nitrogens with zero attached hydrogens (tertiary/aromatic N) is 1. The zero-order valence-corrected chi connectivity index (χ0v) is 17.7. The number of hydrogen-bond donors (Lipinski definition) is 1. The second-order valence-electron chi connectivity index (χ2n) is 7.82. The van der Waals surface area contributed by atoms with Gasteiger partial charge in [0.05, 0.1) is 25.2 Å². The van der Waals surface area contributed by atoms with Gasteiger partial charge in [-0.3, -0.25) is 9.69 Å². The highest BCUT2D eigenvalue weighted by atomic mass is 19.1. The summed E-state index contributed by atoms with van der Waals surface area (Å²) < 4.78 is 37.8. The molecule has 0 bridgehead atoms. The third kappa shape index (κ3) is 6.82. The van der Waals surface area contributed by atoms with Crippen molar-refractivity contribution in [2.75, 3.05) is 32.8 Å². The molecule has 0 spiro atoms. The second-order valence-corrected chi connectivity index (χ2v) is 7.82. The molecule has 5 nitrogen and oxygen atoms in total. The zero-order valence-electron chi connectivity index (χ0n) is 17.7. The maximum absolute atomic E-state index is 13.3. The van der Waals surface area contributed by atoms with Crippen molar-refractivity contribution in [3.63, 3.8) is 0 Å². The second kappa shape index (κ2) is 11.3. The summed E-state index contributed by atoms with van der Waals surface area (Å²) in [6.07, 6.45) is 0.318. The Bertz CT molecular complexity index is 783. The maximum Gasteiger partial charge on any atom is 0.310 e. The number of hydrogen-bond acceptors (Lipinski definition) is 5. The highest BCUT2D eigenvalue weighted by Gasteiger charge is 2.28. The van der Waals surface area contributed by atoms with Gasteiger partial charge in [-0.1, -0.05) is 24.3 Å². The van der Waals surface area contributed by atoms with Gasteiger partial charge in [-0.2, -0.15) is 0 Å². The summed E-state index contributed by atoms with van der Waals surface area (Å²) in [5, 5.41) is 10.6. The van der Waals surface area contributed by atoms with E-state index in [0.717, 1.165) is 19.4 Å². The van der Waals surface area contributed by atoms with Crippen molar-refractivity contribution in [2.24, 2.45) is 5.92 Å². The van der Waals surface area contributed by atoms with Crippen molar-refractivity contribution in [1.29, 1.82) is 0 Å². The molecular weight excluding hydrogens is 404 g/mol. The first kappa shape index (κ1) is 23.3. The minimum atomic E-state index is -0.774. The van der Waals surface area contributed by atoms with E-state index in [1.165, 1.54) is 24.3 Å². The number of carbonyl (C=O) groups excluding carboxylic acids is 1. The standard InChI is InChI=1S/C24H29F2NO4/c1-2-30-24(29)19-4-3-13-27(14-19)15-22(28)16-31-23(17-5-9-20(25)10-6-17)18-7-11-21(26)12-8-18/h5-12,19,22-23,28H,2-4,13-16H2,1H3/t19-,22-/m1/s1. The van der Waals surface area contributed by atoms with Crippen molar-refractivity contribution in [3.8, 4) is 0 Å². The molecule has 0 unspecified atom stereocenters. The number of aliphatic hydroxyl groups is 1. The molecule has 1 aliphatic rings. The normalized spacial score (nSPS) is 18.2. The van der Waals surface area contributed by atoms with Gasteiger partial charge in [0.1, 0.15) is 17.7 Å². The number of halogens is 2. The van der Waals surface area contributed by atoms with Gasteiger partial charge in [-0.15, -0.1) is 0 Å². The fourth-order valence-electron chi connectivity index (χ4n) is 3.89. The van der Waals surface area contributed by atoms with Gasteiger partial charge in [0.2, 0.25) is 0 Å². The van der Waals surface area contributed by atoms with Gasteiger partial charge in [-0.25, -0.2) is 8.78 Å². The van der Waals surface area contributed by atoms with E-state index in [-0.39, 0.29) is 30.1 Å². The first-order valence-corrected chi connectivity index (χ1v) is 10.7. The van der Waals surface area contributed by atoms with E-state index in [4.69, 9.17) is 9.47 Å². The average molecular weight is 433 g/mol. The summed E-state index contributed by atoms with van der Waals surface area (Å²) in [5.74, 6) is -1.08. The van der Waals surface area contributed by atoms with Crippen LogP contribution in [0.5, 0.6) is 0 Å². The highest BCUT2D eigenvalue weighted by Crippen LogP contribution is 2.27. The van der Waals surface area contributed by atoms with Crippen LogP contribution in [-0.4, -0.2) is 54.9 Å². The van der Waals surface area contributed by atoms with Crippen LogP contribution < -0.4 is 0 Å². The van der Waals surface area contributed by atoms with Crippen molar-refractivity contribution < 1.29 is 28.2 Å². The van der Waals surface area contributed by atoms with E-state index < -0.39 is 12.2 Å². The van der Waals surface area contributed by atoms with Crippen LogP contribution in [0.25, 0.3) is 0 Å². The summed E-state index contributed by atoms with van der Waals surface area (Å²) in [4.78, 5) is 14.1. The molecule has 168 valence electrons. The van der Waals surface area contributed by atoms with Crippen LogP contribution in [0.4, 0.5) is 8.78 Å². The number of esters is 1. The summed E-state index contributed by atoms with van der Waals surface area (Å²) in [7, 11) is 0. The Hall–Kier alpha value is -2.35. The van der Waals surface area contributed by atoms with Gasteiger partial charge in [0.15, 0.2) is 0 Å². The number of β-amino-alcohol motifs (C(OH)–C–C–N with tert-alkyl or cyclic N) is 1. The SMILES string of the molecule is CCOC(=O)[C@@H]1CCCN(C[C@@H](O)COC(c2ccc(F)cc2)c2ccc(F)cc2)C1. The van der Waals surface area contributed by atoms with Crippen molar-refractivity contribution >= 4 is 5.97 Å². The Morgan fingerprint density at radius 1 is 1.10 bits per heavy atom. The largest absolute Gasteiger partial charge is 0.466 e. The van der Waals surface area contributed by atoms with Gasteiger partial charge in [-0.05, 0) is 61.7 Å². The third-order valence-electron chi connectivity index (χ3n) is 5.40. The van der Waals surface area contributed by atoms with Crippen molar-refractivity contribution in [3.05, 3.63) is 71.3 Å². The lowest BCUT2D eigenvalue weighted by atomic mass is 9.98. The molecule has 2 aromatic rings. The van der Waals surface area contributed by atoms with Crippen LogP contribution in [-0.2, 0) is 14.3 Å². The van der Waals surface area contributed by atoms with Crippen LogP contribution in [0.1, 0.15) is 37.0 Å². The number of piperidine rings is 1. The molecule has 0 aliphatic carbocycles. The molecule has 0 aromatic heterocycles. The molecule has 0 amide bonds. The van der Waals surface area contributed by atoms with Crippen LogP contribution in [0.2, 0.25) is 0 Å². The molecule has 1 heterocycles. The molecule has 1 N–H and O–H groups in total. The molecule has 1 saturated heterocycles. The summed E-state index contributed by atoms with van der Waals surface area (Å²) in [6, 6.07) is 11.8. The fraction of sp³-hybridized carbons (Fsp3) is 0.458. The number of carbonyl (C=O) groups is 1. The highest BCUT2D eigenvalue weighted by molar-refractivity contribution is 5.72. The molecule has 0 radical (unpaired) electrons. The smallest absolute Gasteiger partial charge is 0.310 e. The summed E-state index contributed by atoms with van der Waals surface area (Å²) >= 11 is 0. The van der Waals surface area contributed by atoms with E-state index in [1.807, 2.05) is 4.90 Å². The van der Waals surface area contributed by atoms with Crippen LogP contribution in [0.3, 0.4) is 0 Å². The zero-order chi connectivity index (χ0) is 22.2. The van der Waals surface area contributed by atoms with E-state index in [1.54, 1.807) is 31.2 Å². The number of ether oxygens (including phenoxy) is 2. The van der Waals surface area contributed by atoms with Gasteiger partial charge < -0.3 is 14.6 Å². The molecule has 1 aliphatic heterocycles. The monoisotopic (exact) mass is 433 g/mol. The van der Waals surface area contributed by atoms with Gasteiger partial charge in [0.25, 0.3) is 0 Å². The minimum absolute atomic E-state index is 0.0417. The fourth-order valence-corrected chi connectivity index (χ4v) is 3.89. The first-order valence-electron chi connectivity index (χ1n) is 10.7. The molecule has 31 heavy (non-hydrogen) atoms. The predicted octanol–water partition coefficient (Wildman–Crippen LogP) is 3.71. The third-order valence-corrected chi connectivity index (χ3v) is 5.40. The number of likely N-dealkylation sites (tertiary alicyclic amines) is 1.